The van der Waals surface area contributed by atoms with Crippen LogP contribution in [-0.2, 0) is 0 Å². The van der Waals surface area contributed by atoms with Gasteiger partial charge in [-0.15, -0.1) is 0 Å². The third kappa shape index (κ3) is 3.09. The standard InChI is InChI=1S/C14H13BrFNO/c1-9(17)13-8-10(15)2-7-14(13)18-12-5-3-11(16)4-6-12/h2-9H,17H2,1H3. The second-order valence-corrected chi connectivity index (χ2v) is 4.94. The van der Waals surface area contributed by atoms with Crippen molar-refractivity contribution in [1.82, 2.24) is 0 Å². The maximum absolute atomic E-state index is 12.8. The summed E-state index contributed by atoms with van der Waals surface area (Å²) < 4.78 is 19.5. The van der Waals surface area contributed by atoms with Crippen LogP contribution in [0.15, 0.2) is 46.9 Å². The van der Waals surface area contributed by atoms with E-state index in [-0.39, 0.29) is 11.9 Å². The minimum Gasteiger partial charge on any atom is -0.457 e. The van der Waals surface area contributed by atoms with Gasteiger partial charge in [0, 0.05) is 16.1 Å². The molecule has 2 N–H and O–H groups in total. The van der Waals surface area contributed by atoms with E-state index < -0.39 is 0 Å². The fourth-order valence-corrected chi connectivity index (χ4v) is 1.98. The molecule has 0 amide bonds. The molecule has 0 saturated heterocycles. The maximum Gasteiger partial charge on any atom is 0.132 e. The molecule has 0 aliphatic rings. The molecule has 18 heavy (non-hydrogen) atoms. The van der Waals surface area contributed by atoms with Gasteiger partial charge in [-0.05, 0) is 49.4 Å². The first-order valence-electron chi connectivity index (χ1n) is 5.54. The number of benzene rings is 2. The third-order valence-electron chi connectivity index (χ3n) is 2.50. The molecule has 0 aliphatic heterocycles. The molecule has 0 fully saturated rings. The first-order chi connectivity index (χ1) is 8.56. The highest BCUT2D eigenvalue weighted by atomic mass is 79.9. The van der Waals surface area contributed by atoms with Crippen molar-refractivity contribution in [2.45, 2.75) is 13.0 Å². The summed E-state index contributed by atoms with van der Waals surface area (Å²) in [6.45, 7) is 1.89. The van der Waals surface area contributed by atoms with Crippen LogP contribution in [0.25, 0.3) is 0 Å². The number of hydrogen-bond acceptors (Lipinski definition) is 2. The van der Waals surface area contributed by atoms with Gasteiger partial charge in [-0.3, -0.25) is 0 Å². The Labute approximate surface area is 114 Å². The van der Waals surface area contributed by atoms with Crippen LogP contribution in [-0.4, -0.2) is 0 Å². The largest absolute Gasteiger partial charge is 0.457 e. The van der Waals surface area contributed by atoms with Gasteiger partial charge in [0.05, 0.1) is 0 Å². The van der Waals surface area contributed by atoms with Crippen molar-refractivity contribution in [3.63, 3.8) is 0 Å². The van der Waals surface area contributed by atoms with E-state index >= 15 is 0 Å². The van der Waals surface area contributed by atoms with E-state index in [1.54, 1.807) is 12.1 Å². The molecule has 4 heteroatoms. The zero-order valence-electron chi connectivity index (χ0n) is 9.86. The summed E-state index contributed by atoms with van der Waals surface area (Å²) >= 11 is 3.40. The molecule has 2 nitrogen and oxygen atoms in total. The zero-order valence-corrected chi connectivity index (χ0v) is 11.4. The van der Waals surface area contributed by atoms with Gasteiger partial charge >= 0.3 is 0 Å². The number of hydrogen-bond donors (Lipinski definition) is 1. The van der Waals surface area contributed by atoms with Crippen LogP contribution < -0.4 is 10.5 Å². The normalized spacial score (nSPS) is 12.2. The molecule has 1 atom stereocenters. The van der Waals surface area contributed by atoms with Crippen molar-refractivity contribution >= 4 is 15.9 Å². The topological polar surface area (TPSA) is 35.2 Å². The average molecular weight is 310 g/mol. The van der Waals surface area contributed by atoms with E-state index in [4.69, 9.17) is 10.5 Å². The van der Waals surface area contributed by atoms with Crippen molar-refractivity contribution in [3.05, 3.63) is 58.3 Å². The monoisotopic (exact) mass is 309 g/mol. The summed E-state index contributed by atoms with van der Waals surface area (Å²) in [5.74, 6) is 0.978. The average Bonchev–Trinajstić information content (AvgIpc) is 2.34. The summed E-state index contributed by atoms with van der Waals surface area (Å²) in [4.78, 5) is 0. The summed E-state index contributed by atoms with van der Waals surface area (Å²) in [5, 5.41) is 0. The Morgan fingerprint density at radius 2 is 1.83 bits per heavy atom. The van der Waals surface area contributed by atoms with E-state index in [0.29, 0.717) is 11.5 Å². The van der Waals surface area contributed by atoms with Gasteiger partial charge in [-0.2, -0.15) is 0 Å². The van der Waals surface area contributed by atoms with Crippen molar-refractivity contribution in [2.75, 3.05) is 0 Å². The Bertz CT molecular complexity index is 540. The predicted molar refractivity (Wildman–Crippen MR) is 73.2 cm³/mol. The van der Waals surface area contributed by atoms with Gasteiger partial charge in [0.15, 0.2) is 0 Å². The Morgan fingerprint density at radius 3 is 2.44 bits per heavy atom. The molecule has 0 radical (unpaired) electrons. The highest BCUT2D eigenvalue weighted by molar-refractivity contribution is 9.10. The highest BCUT2D eigenvalue weighted by Gasteiger charge is 2.09. The van der Waals surface area contributed by atoms with Gasteiger partial charge in [-0.1, -0.05) is 15.9 Å². The SMILES string of the molecule is CC(N)c1cc(Br)ccc1Oc1ccc(F)cc1. The van der Waals surface area contributed by atoms with E-state index in [2.05, 4.69) is 15.9 Å². The fraction of sp³-hybridized carbons (Fsp3) is 0.143. The molecule has 0 aromatic heterocycles. The molecule has 0 bridgehead atoms. The summed E-state index contributed by atoms with van der Waals surface area (Å²) in [7, 11) is 0. The van der Waals surface area contributed by atoms with E-state index in [1.807, 2.05) is 25.1 Å². The molecular formula is C14H13BrFNO. The first kappa shape index (κ1) is 13.1. The molecule has 1 unspecified atom stereocenters. The Hall–Kier alpha value is -1.39. The predicted octanol–water partition coefficient (Wildman–Crippen LogP) is 4.40. The van der Waals surface area contributed by atoms with Crippen LogP contribution in [0.1, 0.15) is 18.5 Å². The lowest BCUT2D eigenvalue weighted by molar-refractivity contribution is 0.470. The summed E-state index contributed by atoms with van der Waals surface area (Å²) in [6.07, 6.45) is 0. The van der Waals surface area contributed by atoms with Crippen molar-refractivity contribution in [1.29, 1.82) is 0 Å². The van der Waals surface area contributed by atoms with Crippen molar-refractivity contribution < 1.29 is 9.13 Å². The minimum absolute atomic E-state index is 0.141. The van der Waals surface area contributed by atoms with Crippen molar-refractivity contribution in [3.8, 4) is 11.5 Å². The molecule has 2 aromatic rings. The molecular weight excluding hydrogens is 297 g/mol. The summed E-state index contributed by atoms with van der Waals surface area (Å²) in [6, 6.07) is 11.4. The lowest BCUT2D eigenvalue weighted by atomic mass is 10.1. The van der Waals surface area contributed by atoms with Gasteiger partial charge in [0.2, 0.25) is 0 Å². The molecule has 0 aliphatic carbocycles. The number of rotatable bonds is 3. The second-order valence-electron chi connectivity index (χ2n) is 4.03. The maximum atomic E-state index is 12.8. The Morgan fingerprint density at radius 1 is 1.17 bits per heavy atom. The smallest absolute Gasteiger partial charge is 0.132 e. The summed E-state index contributed by atoms with van der Waals surface area (Å²) in [5.41, 5.74) is 6.80. The molecule has 0 heterocycles. The van der Waals surface area contributed by atoms with E-state index in [0.717, 1.165) is 10.0 Å². The van der Waals surface area contributed by atoms with Crippen LogP contribution in [0.4, 0.5) is 4.39 Å². The van der Waals surface area contributed by atoms with Gasteiger partial charge in [0.1, 0.15) is 17.3 Å². The molecule has 2 rings (SSSR count). The van der Waals surface area contributed by atoms with Crippen LogP contribution in [0.5, 0.6) is 11.5 Å². The molecule has 0 spiro atoms. The lowest BCUT2D eigenvalue weighted by Gasteiger charge is -2.14. The molecule has 2 aromatic carbocycles. The quantitative estimate of drug-likeness (QED) is 0.912. The second kappa shape index (κ2) is 5.50. The molecule has 94 valence electrons. The highest BCUT2D eigenvalue weighted by Crippen LogP contribution is 2.31. The van der Waals surface area contributed by atoms with E-state index in [1.165, 1.54) is 12.1 Å². The first-order valence-corrected chi connectivity index (χ1v) is 6.34. The van der Waals surface area contributed by atoms with Crippen molar-refractivity contribution in [2.24, 2.45) is 5.73 Å². The number of ether oxygens (including phenoxy) is 1. The van der Waals surface area contributed by atoms with Crippen LogP contribution in [0.2, 0.25) is 0 Å². The van der Waals surface area contributed by atoms with E-state index in [9.17, 15) is 4.39 Å². The molecule has 0 saturated carbocycles. The fourth-order valence-electron chi connectivity index (χ4n) is 1.60. The minimum atomic E-state index is -0.287. The van der Waals surface area contributed by atoms with Gasteiger partial charge in [0.25, 0.3) is 0 Å². The van der Waals surface area contributed by atoms with Gasteiger partial charge < -0.3 is 10.5 Å². The van der Waals surface area contributed by atoms with Crippen LogP contribution >= 0.6 is 15.9 Å². The number of nitrogens with two attached hydrogens (primary N) is 1. The number of halogens is 2. The third-order valence-corrected chi connectivity index (χ3v) is 3.00. The lowest BCUT2D eigenvalue weighted by Crippen LogP contribution is -2.06. The van der Waals surface area contributed by atoms with Crippen LogP contribution in [0, 0.1) is 5.82 Å². The van der Waals surface area contributed by atoms with Crippen LogP contribution in [0.3, 0.4) is 0 Å². The Balaban J connectivity index is 2.31. The van der Waals surface area contributed by atoms with Gasteiger partial charge in [-0.25, -0.2) is 4.39 Å². The Kier molecular flexibility index (Phi) is 3.99. The zero-order chi connectivity index (χ0) is 13.1.